The summed E-state index contributed by atoms with van der Waals surface area (Å²) < 4.78 is 5.45. The Morgan fingerprint density at radius 2 is 1.78 bits per heavy atom. The van der Waals surface area contributed by atoms with E-state index in [-0.39, 0.29) is 5.75 Å². The second-order valence-electron chi connectivity index (χ2n) is 7.77. The smallest absolute Gasteiger partial charge is 0.162 e. The molecular weight excluding hydrogens is 426 g/mol. The predicted molar refractivity (Wildman–Crippen MR) is 131 cm³/mol. The molecule has 1 saturated carbocycles. The first-order valence-corrected chi connectivity index (χ1v) is 12.1. The van der Waals surface area contributed by atoms with E-state index in [1.807, 2.05) is 31.2 Å². The molecule has 1 aromatic heterocycles. The van der Waals surface area contributed by atoms with Crippen molar-refractivity contribution in [2.75, 3.05) is 31.0 Å². The summed E-state index contributed by atoms with van der Waals surface area (Å²) >= 11 is 1.78. The lowest BCUT2D eigenvalue weighted by Crippen LogP contribution is -2.17. The van der Waals surface area contributed by atoms with Gasteiger partial charge in [-0.25, -0.2) is 9.97 Å². The lowest BCUT2D eigenvalue weighted by molar-refractivity contribution is 0.0438. The molecule has 0 radical (unpaired) electrons. The van der Waals surface area contributed by atoms with Gasteiger partial charge in [0.15, 0.2) is 5.82 Å². The summed E-state index contributed by atoms with van der Waals surface area (Å²) in [5.74, 6) is 3.46. The molecule has 2 atom stereocenters. The van der Waals surface area contributed by atoms with Crippen molar-refractivity contribution in [1.29, 1.82) is 0 Å². The summed E-state index contributed by atoms with van der Waals surface area (Å²) in [6.45, 7) is 2.82. The average Bonchev–Trinajstić information content (AvgIpc) is 3.16. The Morgan fingerprint density at radius 1 is 1.09 bits per heavy atom. The second-order valence-corrected chi connectivity index (χ2v) is 8.75. The summed E-state index contributed by atoms with van der Waals surface area (Å²) in [7, 11) is 1.67. The van der Waals surface area contributed by atoms with Gasteiger partial charge in [0.1, 0.15) is 17.3 Å². The SMILES string of the molecule is COc1cc2c(NCCSC)nc(-c3ccc(O)cc3)nc2cc1C.OC1CCCC1O. The number of hydrogen-bond acceptors (Lipinski definition) is 8. The first-order chi connectivity index (χ1) is 15.4. The molecule has 32 heavy (non-hydrogen) atoms. The van der Waals surface area contributed by atoms with Gasteiger partial charge in [0.25, 0.3) is 0 Å². The number of phenolic OH excluding ortho intramolecular Hbond substituents is 1. The average molecular weight is 458 g/mol. The van der Waals surface area contributed by atoms with Crippen LogP contribution in [0.25, 0.3) is 22.3 Å². The Bertz CT molecular complexity index is 1020. The third kappa shape index (κ3) is 6.03. The third-order valence-electron chi connectivity index (χ3n) is 5.38. The summed E-state index contributed by atoms with van der Waals surface area (Å²) in [6.07, 6.45) is 3.75. The van der Waals surface area contributed by atoms with Crippen LogP contribution >= 0.6 is 11.8 Å². The van der Waals surface area contributed by atoms with Crippen LogP contribution in [-0.2, 0) is 0 Å². The molecule has 172 valence electrons. The maximum atomic E-state index is 9.50. The van der Waals surface area contributed by atoms with Crippen molar-refractivity contribution >= 4 is 28.5 Å². The molecule has 3 aromatic rings. The fourth-order valence-electron chi connectivity index (χ4n) is 3.55. The summed E-state index contributed by atoms with van der Waals surface area (Å²) in [5.41, 5.74) is 2.75. The molecule has 0 aliphatic heterocycles. The minimum atomic E-state index is -0.431. The number of fused-ring (bicyclic) bond motifs is 1. The van der Waals surface area contributed by atoms with Gasteiger partial charge < -0.3 is 25.4 Å². The highest BCUT2D eigenvalue weighted by Gasteiger charge is 2.21. The van der Waals surface area contributed by atoms with E-state index in [0.29, 0.717) is 5.82 Å². The third-order valence-corrected chi connectivity index (χ3v) is 5.99. The van der Waals surface area contributed by atoms with E-state index in [9.17, 15) is 5.11 Å². The van der Waals surface area contributed by atoms with Gasteiger partial charge in [-0.2, -0.15) is 11.8 Å². The molecule has 0 bridgehead atoms. The monoisotopic (exact) mass is 457 g/mol. The van der Waals surface area contributed by atoms with Gasteiger partial charge >= 0.3 is 0 Å². The lowest BCUT2D eigenvalue weighted by atomic mass is 10.1. The fraction of sp³-hybridized carbons (Fsp3) is 0.417. The zero-order valence-corrected chi connectivity index (χ0v) is 19.5. The van der Waals surface area contributed by atoms with Crippen molar-refractivity contribution in [3.05, 3.63) is 42.0 Å². The van der Waals surface area contributed by atoms with Crippen molar-refractivity contribution in [1.82, 2.24) is 9.97 Å². The Hall–Kier alpha value is -2.55. The van der Waals surface area contributed by atoms with Crippen LogP contribution in [0.15, 0.2) is 36.4 Å². The Balaban J connectivity index is 0.000000352. The van der Waals surface area contributed by atoms with Crippen molar-refractivity contribution in [2.24, 2.45) is 0 Å². The fourth-order valence-corrected chi connectivity index (χ4v) is 3.85. The number of thioether (sulfide) groups is 1. The molecule has 1 aliphatic rings. The number of aliphatic hydroxyl groups excluding tert-OH is 2. The highest BCUT2D eigenvalue weighted by Crippen LogP contribution is 2.31. The molecule has 1 fully saturated rings. The van der Waals surface area contributed by atoms with Crippen LogP contribution < -0.4 is 10.1 Å². The maximum absolute atomic E-state index is 9.50. The van der Waals surface area contributed by atoms with Crippen LogP contribution in [0.5, 0.6) is 11.5 Å². The van der Waals surface area contributed by atoms with Crippen molar-refractivity contribution in [3.63, 3.8) is 0 Å². The van der Waals surface area contributed by atoms with E-state index >= 15 is 0 Å². The van der Waals surface area contributed by atoms with Crippen LogP contribution in [0, 0.1) is 6.92 Å². The van der Waals surface area contributed by atoms with Crippen LogP contribution in [0.1, 0.15) is 24.8 Å². The van der Waals surface area contributed by atoms with Gasteiger partial charge in [0.2, 0.25) is 0 Å². The van der Waals surface area contributed by atoms with E-state index in [2.05, 4.69) is 11.6 Å². The van der Waals surface area contributed by atoms with E-state index in [4.69, 9.17) is 24.9 Å². The molecule has 4 rings (SSSR count). The molecule has 8 heteroatoms. The minimum absolute atomic E-state index is 0.225. The Labute approximate surface area is 192 Å². The highest BCUT2D eigenvalue weighted by atomic mass is 32.2. The molecule has 2 aromatic carbocycles. The summed E-state index contributed by atoms with van der Waals surface area (Å²) in [6, 6.07) is 10.9. The van der Waals surface area contributed by atoms with E-state index in [1.165, 1.54) is 0 Å². The molecule has 0 saturated heterocycles. The molecule has 1 aliphatic carbocycles. The lowest BCUT2D eigenvalue weighted by Gasteiger charge is -2.13. The van der Waals surface area contributed by atoms with E-state index in [1.54, 1.807) is 31.0 Å². The van der Waals surface area contributed by atoms with Gasteiger partial charge in [-0.1, -0.05) is 0 Å². The van der Waals surface area contributed by atoms with Gasteiger partial charge in [0.05, 0.1) is 24.8 Å². The number of aliphatic hydroxyl groups is 2. The Morgan fingerprint density at radius 3 is 2.34 bits per heavy atom. The van der Waals surface area contributed by atoms with Crippen molar-refractivity contribution in [3.8, 4) is 22.9 Å². The number of nitrogens with zero attached hydrogens (tertiary/aromatic N) is 2. The topological polar surface area (TPSA) is 108 Å². The number of aromatic nitrogens is 2. The maximum Gasteiger partial charge on any atom is 0.162 e. The number of anilines is 1. The summed E-state index contributed by atoms with van der Waals surface area (Å²) in [4.78, 5) is 9.42. The number of phenols is 1. The Kier molecular flexibility index (Phi) is 8.55. The first kappa shape index (κ1) is 24.1. The standard InChI is InChI=1S/C19H21N3O2S.C5H10O2/c1-12-10-16-15(11-17(12)24-2)19(20-8-9-25-3)22-18(21-16)13-4-6-14(23)7-5-13;6-4-2-1-3-5(4)7/h4-7,10-11,23H,8-9H2,1-3H3,(H,20,21,22);4-7H,1-3H2. The van der Waals surface area contributed by atoms with E-state index in [0.717, 1.165) is 65.2 Å². The predicted octanol–water partition coefficient (Wildman–Crippen LogP) is 3.99. The number of hydrogen-bond donors (Lipinski definition) is 4. The van der Waals surface area contributed by atoms with Gasteiger partial charge in [-0.05, 0) is 74.4 Å². The zero-order chi connectivity index (χ0) is 23.1. The van der Waals surface area contributed by atoms with E-state index < -0.39 is 12.2 Å². The molecule has 1 heterocycles. The number of ether oxygens (including phenoxy) is 1. The second kappa shape index (κ2) is 11.4. The molecule has 7 nitrogen and oxygen atoms in total. The quantitative estimate of drug-likeness (QED) is 0.412. The number of rotatable bonds is 6. The first-order valence-electron chi connectivity index (χ1n) is 10.7. The number of benzene rings is 2. The van der Waals surface area contributed by atoms with Gasteiger partial charge in [-0.3, -0.25) is 0 Å². The number of methoxy groups -OCH3 is 1. The van der Waals surface area contributed by atoms with Crippen LogP contribution in [-0.4, -0.2) is 63.2 Å². The van der Waals surface area contributed by atoms with Gasteiger partial charge in [-0.15, -0.1) is 0 Å². The van der Waals surface area contributed by atoms with Crippen LogP contribution in [0.3, 0.4) is 0 Å². The minimum Gasteiger partial charge on any atom is -0.508 e. The van der Waals surface area contributed by atoms with Crippen LogP contribution in [0.2, 0.25) is 0 Å². The molecule has 0 spiro atoms. The normalized spacial score (nSPS) is 17.7. The molecule has 4 N–H and O–H groups in total. The van der Waals surface area contributed by atoms with Gasteiger partial charge in [0, 0.05) is 23.2 Å². The number of nitrogens with one attached hydrogen (secondary N) is 1. The zero-order valence-electron chi connectivity index (χ0n) is 18.7. The van der Waals surface area contributed by atoms with Crippen LogP contribution in [0.4, 0.5) is 5.82 Å². The molecule has 0 amide bonds. The largest absolute Gasteiger partial charge is 0.508 e. The number of aromatic hydroxyl groups is 1. The molecular formula is C24H31N3O4S. The van der Waals surface area contributed by atoms with Crippen molar-refractivity contribution < 1.29 is 20.1 Å². The summed E-state index contributed by atoms with van der Waals surface area (Å²) in [5, 5.41) is 31.3. The number of aryl methyl sites for hydroxylation is 1. The van der Waals surface area contributed by atoms with Crippen molar-refractivity contribution in [2.45, 2.75) is 38.4 Å². The molecule has 2 unspecified atom stereocenters. The highest BCUT2D eigenvalue weighted by molar-refractivity contribution is 7.98.